The molecular formula is C26H43NO5. The third-order valence-electron chi connectivity index (χ3n) is 5.25. The number of hydrogen-bond acceptors (Lipinski definition) is 5. The average molecular weight is 450 g/mol. The average Bonchev–Trinajstić information content (AvgIpc) is 2.71. The predicted octanol–water partition coefficient (Wildman–Crippen LogP) is 6.02. The van der Waals surface area contributed by atoms with Crippen LogP contribution < -0.4 is 10.1 Å². The van der Waals surface area contributed by atoms with E-state index in [1.54, 1.807) is 0 Å². The van der Waals surface area contributed by atoms with Crippen LogP contribution in [0.15, 0.2) is 24.3 Å². The highest BCUT2D eigenvalue weighted by Crippen LogP contribution is 2.36. The lowest BCUT2D eigenvalue weighted by atomic mass is 9.72. The van der Waals surface area contributed by atoms with Gasteiger partial charge in [-0.3, -0.25) is 4.79 Å². The number of ether oxygens (including phenoxy) is 3. The Balaban J connectivity index is 2.13. The fraction of sp³-hybridized carbons (Fsp3) is 0.692. The molecule has 182 valence electrons. The monoisotopic (exact) mass is 449 g/mol. The Morgan fingerprint density at radius 1 is 0.875 bits per heavy atom. The molecule has 1 aromatic rings. The molecule has 0 unspecified atom stereocenters. The lowest BCUT2D eigenvalue weighted by molar-refractivity contribution is -0.140. The van der Waals surface area contributed by atoms with Crippen molar-refractivity contribution in [1.29, 1.82) is 0 Å². The Morgan fingerprint density at radius 2 is 1.50 bits per heavy atom. The summed E-state index contributed by atoms with van der Waals surface area (Å²) >= 11 is 0. The lowest BCUT2D eigenvalue weighted by Crippen LogP contribution is -2.27. The SMILES string of the molecule is COC(=O)CCCCCCCNC(=O)OCCOc1ccc(C(C)(C)CC(C)(C)C)cc1. The lowest BCUT2D eigenvalue weighted by Gasteiger charge is -2.33. The smallest absolute Gasteiger partial charge is 0.407 e. The number of benzene rings is 1. The summed E-state index contributed by atoms with van der Waals surface area (Å²) < 4.78 is 15.5. The van der Waals surface area contributed by atoms with Gasteiger partial charge < -0.3 is 19.5 Å². The van der Waals surface area contributed by atoms with Gasteiger partial charge in [-0.2, -0.15) is 0 Å². The van der Waals surface area contributed by atoms with E-state index in [1.807, 2.05) is 12.1 Å². The van der Waals surface area contributed by atoms with E-state index in [1.165, 1.54) is 12.7 Å². The van der Waals surface area contributed by atoms with Crippen LogP contribution in [0.2, 0.25) is 0 Å². The van der Waals surface area contributed by atoms with Crippen molar-refractivity contribution in [1.82, 2.24) is 5.32 Å². The predicted molar refractivity (Wildman–Crippen MR) is 128 cm³/mol. The normalized spacial score (nSPS) is 11.7. The van der Waals surface area contributed by atoms with Crippen LogP contribution in [-0.4, -0.2) is 38.9 Å². The summed E-state index contributed by atoms with van der Waals surface area (Å²) in [5.74, 6) is 0.618. The Labute approximate surface area is 194 Å². The molecule has 0 heterocycles. The van der Waals surface area contributed by atoms with E-state index >= 15 is 0 Å². The number of alkyl carbamates (subject to hydrolysis) is 1. The molecule has 0 aliphatic carbocycles. The molecule has 0 aliphatic rings. The van der Waals surface area contributed by atoms with E-state index < -0.39 is 6.09 Å². The van der Waals surface area contributed by atoms with Gasteiger partial charge in [0, 0.05) is 13.0 Å². The van der Waals surface area contributed by atoms with Crippen LogP contribution in [0.5, 0.6) is 5.75 Å². The summed E-state index contributed by atoms with van der Waals surface area (Å²) in [4.78, 5) is 22.7. The molecule has 1 amide bonds. The highest BCUT2D eigenvalue weighted by molar-refractivity contribution is 5.69. The molecule has 0 atom stereocenters. The van der Waals surface area contributed by atoms with Crippen molar-refractivity contribution < 1.29 is 23.8 Å². The first-order chi connectivity index (χ1) is 15.0. The molecule has 1 rings (SSSR count). The van der Waals surface area contributed by atoms with Gasteiger partial charge in [0.05, 0.1) is 7.11 Å². The van der Waals surface area contributed by atoms with Gasteiger partial charge in [0.15, 0.2) is 0 Å². The maximum absolute atomic E-state index is 11.7. The highest BCUT2D eigenvalue weighted by atomic mass is 16.6. The maximum Gasteiger partial charge on any atom is 0.407 e. The van der Waals surface area contributed by atoms with E-state index in [2.05, 4.69) is 56.8 Å². The Morgan fingerprint density at radius 3 is 2.12 bits per heavy atom. The first-order valence-electron chi connectivity index (χ1n) is 11.7. The minimum absolute atomic E-state index is 0.0983. The van der Waals surface area contributed by atoms with Crippen LogP contribution in [0.4, 0.5) is 4.79 Å². The van der Waals surface area contributed by atoms with Gasteiger partial charge in [-0.1, -0.05) is 66.0 Å². The summed E-state index contributed by atoms with van der Waals surface area (Å²) in [5, 5.41) is 2.75. The fourth-order valence-electron chi connectivity index (χ4n) is 3.99. The fourth-order valence-corrected chi connectivity index (χ4v) is 3.99. The van der Waals surface area contributed by atoms with E-state index in [0.29, 0.717) is 19.6 Å². The topological polar surface area (TPSA) is 73.9 Å². The van der Waals surface area contributed by atoms with Crippen LogP contribution in [-0.2, 0) is 19.7 Å². The minimum atomic E-state index is -0.418. The van der Waals surface area contributed by atoms with Crippen molar-refractivity contribution in [3.63, 3.8) is 0 Å². The molecular weight excluding hydrogens is 406 g/mol. The molecule has 0 fully saturated rings. The van der Waals surface area contributed by atoms with Crippen molar-refractivity contribution in [3.8, 4) is 5.75 Å². The second kappa shape index (κ2) is 14.0. The molecule has 6 heteroatoms. The van der Waals surface area contributed by atoms with Crippen LogP contribution in [0.3, 0.4) is 0 Å². The number of esters is 1. The first-order valence-corrected chi connectivity index (χ1v) is 11.7. The number of carbonyl (C=O) groups excluding carboxylic acids is 2. The van der Waals surface area contributed by atoms with E-state index in [0.717, 1.165) is 44.3 Å². The number of rotatable bonds is 14. The zero-order valence-electron chi connectivity index (χ0n) is 20.9. The van der Waals surface area contributed by atoms with Crippen LogP contribution in [0.25, 0.3) is 0 Å². The highest BCUT2D eigenvalue weighted by Gasteiger charge is 2.27. The molecule has 0 aliphatic heterocycles. The standard InChI is InChI=1S/C26H43NO5/c1-25(2,3)20-26(4,5)21-13-15-22(16-14-21)31-18-19-32-24(29)27-17-11-9-7-8-10-12-23(28)30-6/h13-16H,7-12,17-20H2,1-6H3,(H,27,29). The van der Waals surface area contributed by atoms with Crippen LogP contribution >= 0.6 is 0 Å². The van der Waals surface area contributed by atoms with Gasteiger partial charge >= 0.3 is 12.1 Å². The molecule has 0 aromatic heterocycles. The first kappa shape index (κ1) is 27.8. The molecule has 1 N–H and O–H groups in total. The van der Waals surface area contributed by atoms with Crippen molar-refractivity contribution in [3.05, 3.63) is 29.8 Å². The zero-order chi connectivity index (χ0) is 24.0. The second-order valence-electron chi connectivity index (χ2n) is 10.2. The van der Waals surface area contributed by atoms with Gasteiger partial charge in [0.25, 0.3) is 0 Å². The largest absolute Gasteiger partial charge is 0.490 e. The Kier molecular flexibility index (Phi) is 12.2. The molecule has 0 radical (unpaired) electrons. The number of amides is 1. The maximum atomic E-state index is 11.7. The van der Waals surface area contributed by atoms with Crippen molar-refractivity contribution in [2.75, 3.05) is 26.9 Å². The molecule has 1 aromatic carbocycles. The third kappa shape index (κ3) is 12.6. The summed E-state index contributed by atoms with van der Waals surface area (Å²) in [5.41, 5.74) is 1.66. The minimum Gasteiger partial charge on any atom is -0.490 e. The number of carbonyl (C=O) groups is 2. The number of methoxy groups -OCH3 is 1. The number of unbranched alkanes of at least 4 members (excludes halogenated alkanes) is 4. The Bertz CT molecular complexity index is 676. The van der Waals surface area contributed by atoms with Crippen molar-refractivity contribution in [2.45, 2.75) is 85.0 Å². The second-order valence-corrected chi connectivity index (χ2v) is 10.2. The molecule has 32 heavy (non-hydrogen) atoms. The summed E-state index contributed by atoms with van der Waals surface area (Å²) in [6, 6.07) is 8.18. The quantitative estimate of drug-likeness (QED) is 0.278. The van der Waals surface area contributed by atoms with Gasteiger partial charge in [-0.25, -0.2) is 4.79 Å². The Hall–Kier alpha value is -2.24. The molecule has 6 nitrogen and oxygen atoms in total. The molecule has 0 bridgehead atoms. The van der Waals surface area contributed by atoms with Crippen molar-refractivity contribution >= 4 is 12.1 Å². The summed E-state index contributed by atoms with van der Waals surface area (Å²) in [6.07, 6.45) is 5.92. The summed E-state index contributed by atoms with van der Waals surface area (Å²) in [7, 11) is 1.41. The van der Waals surface area contributed by atoms with E-state index in [-0.39, 0.29) is 23.4 Å². The number of hydrogen-bond donors (Lipinski definition) is 1. The van der Waals surface area contributed by atoms with Gasteiger partial charge in [0.2, 0.25) is 0 Å². The third-order valence-corrected chi connectivity index (χ3v) is 5.25. The molecule has 0 saturated carbocycles. The van der Waals surface area contributed by atoms with E-state index in [9.17, 15) is 9.59 Å². The van der Waals surface area contributed by atoms with Crippen LogP contribution in [0.1, 0.15) is 85.1 Å². The zero-order valence-corrected chi connectivity index (χ0v) is 20.9. The van der Waals surface area contributed by atoms with Gasteiger partial charge in [-0.15, -0.1) is 0 Å². The van der Waals surface area contributed by atoms with Crippen molar-refractivity contribution in [2.24, 2.45) is 5.41 Å². The van der Waals surface area contributed by atoms with E-state index in [4.69, 9.17) is 9.47 Å². The van der Waals surface area contributed by atoms with Gasteiger partial charge in [0.1, 0.15) is 19.0 Å². The van der Waals surface area contributed by atoms with Gasteiger partial charge in [-0.05, 0) is 47.8 Å². The molecule has 0 saturated heterocycles. The molecule has 0 spiro atoms. The van der Waals surface area contributed by atoms with Crippen LogP contribution in [0, 0.1) is 5.41 Å². The summed E-state index contributed by atoms with van der Waals surface area (Å²) in [6.45, 7) is 12.4. The number of nitrogens with one attached hydrogen (secondary N) is 1.